The second kappa shape index (κ2) is 6.88. The van der Waals surface area contributed by atoms with Crippen molar-refractivity contribution in [3.63, 3.8) is 0 Å². The van der Waals surface area contributed by atoms with Crippen LogP contribution >= 0.6 is 0 Å². The van der Waals surface area contributed by atoms with E-state index in [4.69, 9.17) is 0 Å². The van der Waals surface area contributed by atoms with E-state index in [2.05, 4.69) is 4.74 Å². The fourth-order valence-corrected chi connectivity index (χ4v) is 3.97. The van der Waals surface area contributed by atoms with Gasteiger partial charge in [-0.2, -0.15) is 0 Å². The highest BCUT2D eigenvalue weighted by Crippen LogP contribution is 2.22. The van der Waals surface area contributed by atoms with Crippen molar-refractivity contribution in [1.29, 1.82) is 0 Å². The van der Waals surface area contributed by atoms with Crippen LogP contribution in [0.5, 0.6) is 0 Å². The molecule has 112 valence electrons. The Morgan fingerprint density at radius 3 is 2.50 bits per heavy atom. The molecule has 0 bridgehead atoms. The largest absolute Gasteiger partial charge is 0.469 e. The summed E-state index contributed by atoms with van der Waals surface area (Å²) in [6.45, 7) is 5.65. The Kier molecular flexibility index (Phi) is 5.74. The SMILES string of the molecule is COC(=O)CCc1cc(C)ccc1S(=O)(=O)CC(C)C. The van der Waals surface area contributed by atoms with Crippen molar-refractivity contribution in [1.82, 2.24) is 0 Å². The summed E-state index contributed by atoms with van der Waals surface area (Å²) in [6.07, 6.45) is 0.561. The molecular formula is C15H22O4S. The molecule has 0 aliphatic heterocycles. The number of hydrogen-bond donors (Lipinski definition) is 0. The van der Waals surface area contributed by atoms with Crippen molar-refractivity contribution in [2.75, 3.05) is 12.9 Å². The van der Waals surface area contributed by atoms with Crippen molar-refractivity contribution in [2.45, 2.75) is 38.5 Å². The highest BCUT2D eigenvalue weighted by Gasteiger charge is 2.20. The van der Waals surface area contributed by atoms with Crippen molar-refractivity contribution in [2.24, 2.45) is 5.92 Å². The molecule has 0 amide bonds. The number of benzene rings is 1. The lowest BCUT2D eigenvalue weighted by Crippen LogP contribution is -2.14. The maximum absolute atomic E-state index is 12.4. The second-order valence-electron chi connectivity index (χ2n) is 5.36. The fourth-order valence-electron chi connectivity index (χ4n) is 2.07. The second-order valence-corrected chi connectivity index (χ2v) is 7.37. The van der Waals surface area contributed by atoms with Gasteiger partial charge in [-0.05, 0) is 30.9 Å². The molecule has 20 heavy (non-hydrogen) atoms. The minimum absolute atomic E-state index is 0.0646. The number of methoxy groups -OCH3 is 1. The van der Waals surface area contributed by atoms with Gasteiger partial charge < -0.3 is 4.74 Å². The summed E-state index contributed by atoms with van der Waals surface area (Å²) in [7, 11) is -1.99. The van der Waals surface area contributed by atoms with Gasteiger partial charge in [-0.15, -0.1) is 0 Å². The maximum atomic E-state index is 12.4. The van der Waals surface area contributed by atoms with Crippen molar-refractivity contribution in [3.8, 4) is 0 Å². The van der Waals surface area contributed by atoms with Crippen molar-refractivity contribution in [3.05, 3.63) is 29.3 Å². The fraction of sp³-hybridized carbons (Fsp3) is 0.533. The van der Waals surface area contributed by atoms with Gasteiger partial charge in [0.25, 0.3) is 0 Å². The summed E-state index contributed by atoms with van der Waals surface area (Å²) < 4.78 is 29.3. The lowest BCUT2D eigenvalue weighted by Gasteiger charge is -2.12. The van der Waals surface area contributed by atoms with Gasteiger partial charge in [-0.25, -0.2) is 8.42 Å². The van der Waals surface area contributed by atoms with E-state index in [9.17, 15) is 13.2 Å². The van der Waals surface area contributed by atoms with Crippen LogP contribution in [0.2, 0.25) is 0 Å². The zero-order chi connectivity index (χ0) is 15.3. The lowest BCUT2D eigenvalue weighted by atomic mass is 10.1. The van der Waals surface area contributed by atoms with E-state index >= 15 is 0 Å². The maximum Gasteiger partial charge on any atom is 0.305 e. The van der Waals surface area contributed by atoms with Crippen LogP contribution in [-0.2, 0) is 25.8 Å². The zero-order valence-electron chi connectivity index (χ0n) is 12.5. The average molecular weight is 298 g/mol. The number of carbonyl (C=O) groups excluding carboxylic acids is 1. The minimum atomic E-state index is -3.31. The number of carbonyl (C=O) groups is 1. The lowest BCUT2D eigenvalue weighted by molar-refractivity contribution is -0.140. The molecule has 0 atom stereocenters. The standard InChI is InChI=1S/C15H22O4S/c1-11(2)10-20(17,18)14-7-5-12(3)9-13(14)6-8-15(16)19-4/h5,7,9,11H,6,8,10H2,1-4H3. The van der Waals surface area contributed by atoms with E-state index in [1.807, 2.05) is 26.8 Å². The molecule has 1 rings (SSSR count). The topological polar surface area (TPSA) is 60.4 Å². The molecule has 4 nitrogen and oxygen atoms in total. The first-order chi connectivity index (χ1) is 9.26. The molecule has 5 heteroatoms. The van der Waals surface area contributed by atoms with Crippen LogP contribution in [0, 0.1) is 12.8 Å². The normalized spacial score (nSPS) is 11.7. The predicted octanol–water partition coefficient (Wildman–Crippen LogP) is 2.53. The Labute approximate surface area is 121 Å². The Balaban J connectivity index is 3.10. The minimum Gasteiger partial charge on any atom is -0.469 e. The Bertz CT molecular complexity index is 574. The van der Waals surface area contributed by atoms with Gasteiger partial charge in [0, 0.05) is 6.42 Å². The molecule has 0 saturated carbocycles. The van der Waals surface area contributed by atoms with Gasteiger partial charge >= 0.3 is 5.97 Å². The summed E-state index contributed by atoms with van der Waals surface area (Å²) in [6, 6.07) is 5.25. The number of esters is 1. The van der Waals surface area contributed by atoms with E-state index in [1.54, 1.807) is 12.1 Å². The molecule has 0 spiro atoms. The van der Waals surface area contributed by atoms with Gasteiger partial charge in [0.15, 0.2) is 9.84 Å². The number of sulfone groups is 1. The highest BCUT2D eigenvalue weighted by molar-refractivity contribution is 7.91. The molecule has 0 aliphatic rings. The van der Waals surface area contributed by atoms with Crippen molar-refractivity contribution < 1.29 is 17.9 Å². The first-order valence-electron chi connectivity index (χ1n) is 6.65. The molecule has 1 aromatic carbocycles. The van der Waals surface area contributed by atoms with Crippen molar-refractivity contribution >= 4 is 15.8 Å². The van der Waals surface area contributed by atoms with Crippen LogP contribution in [0.15, 0.2) is 23.1 Å². The van der Waals surface area contributed by atoms with Gasteiger partial charge in [0.05, 0.1) is 17.8 Å². The van der Waals surface area contributed by atoms with Gasteiger partial charge in [0.1, 0.15) is 0 Å². The van der Waals surface area contributed by atoms with Crippen LogP contribution < -0.4 is 0 Å². The third kappa shape index (κ3) is 4.63. The molecular weight excluding hydrogens is 276 g/mol. The van der Waals surface area contributed by atoms with Crippen LogP contribution in [0.1, 0.15) is 31.4 Å². The highest BCUT2D eigenvalue weighted by atomic mass is 32.2. The average Bonchev–Trinajstić information content (AvgIpc) is 2.34. The Morgan fingerprint density at radius 2 is 1.95 bits per heavy atom. The molecule has 0 radical (unpaired) electrons. The van der Waals surface area contributed by atoms with Crippen LogP contribution in [0.3, 0.4) is 0 Å². The summed E-state index contributed by atoms with van der Waals surface area (Å²) in [4.78, 5) is 11.6. The molecule has 0 unspecified atom stereocenters. The zero-order valence-corrected chi connectivity index (χ0v) is 13.3. The van der Waals surface area contributed by atoms with Gasteiger partial charge in [-0.1, -0.05) is 31.5 Å². The van der Waals surface area contributed by atoms with E-state index in [0.29, 0.717) is 16.9 Å². The van der Waals surface area contributed by atoms with Crippen LogP contribution in [0.4, 0.5) is 0 Å². The number of aryl methyl sites for hydroxylation is 2. The third-order valence-electron chi connectivity index (χ3n) is 2.93. The molecule has 0 saturated heterocycles. The van der Waals surface area contributed by atoms with E-state index < -0.39 is 9.84 Å². The monoisotopic (exact) mass is 298 g/mol. The van der Waals surface area contributed by atoms with Crippen LogP contribution in [-0.4, -0.2) is 27.2 Å². The molecule has 0 aromatic heterocycles. The summed E-state index contributed by atoms with van der Waals surface area (Å²) in [5.74, 6) is -0.158. The Morgan fingerprint density at radius 1 is 1.30 bits per heavy atom. The third-order valence-corrected chi connectivity index (χ3v) is 5.10. The van der Waals surface area contributed by atoms with Crippen LogP contribution in [0.25, 0.3) is 0 Å². The number of rotatable bonds is 6. The molecule has 0 fully saturated rings. The van der Waals surface area contributed by atoms with E-state index in [-0.39, 0.29) is 24.1 Å². The number of ether oxygens (including phenoxy) is 1. The first kappa shape index (κ1) is 16.7. The quantitative estimate of drug-likeness (QED) is 0.757. The molecule has 0 aliphatic carbocycles. The van der Waals surface area contributed by atoms with Gasteiger partial charge in [-0.3, -0.25) is 4.79 Å². The summed E-state index contributed by atoms with van der Waals surface area (Å²) in [5, 5.41) is 0. The molecule has 1 aromatic rings. The Hall–Kier alpha value is -1.36. The predicted molar refractivity (Wildman–Crippen MR) is 78.4 cm³/mol. The summed E-state index contributed by atoms with van der Waals surface area (Å²) >= 11 is 0. The summed E-state index contributed by atoms with van der Waals surface area (Å²) in [5.41, 5.74) is 1.67. The van der Waals surface area contributed by atoms with E-state index in [1.165, 1.54) is 7.11 Å². The van der Waals surface area contributed by atoms with Gasteiger partial charge in [0.2, 0.25) is 0 Å². The molecule has 0 heterocycles. The van der Waals surface area contributed by atoms with E-state index in [0.717, 1.165) is 5.56 Å². The number of hydrogen-bond acceptors (Lipinski definition) is 4. The molecule has 0 N–H and O–H groups in total. The first-order valence-corrected chi connectivity index (χ1v) is 8.30. The smallest absolute Gasteiger partial charge is 0.305 e.